The highest BCUT2D eigenvalue weighted by Crippen LogP contribution is 2.15. The number of esters is 1. The van der Waals surface area contributed by atoms with E-state index < -0.39 is 5.97 Å². The van der Waals surface area contributed by atoms with Crippen LogP contribution in [-0.4, -0.2) is 67.5 Å². The Bertz CT molecular complexity index is 916. The number of benzene rings is 2. The molecule has 0 saturated carbocycles. The molecule has 0 bridgehead atoms. The topological polar surface area (TPSA) is 76.2 Å². The molecule has 1 aliphatic heterocycles. The van der Waals surface area contributed by atoms with Crippen molar-refractivity contribution in [2.45, 2.75) is 26.2 Å². The molecule has 1 saturated heterocycles. The fourth-order valence-corrected chi connectivity index (χ4v) is 3.57. The Labute approximate surface area is 188 Å². The van der Waals surface area contributed by atoms with Crippen molar-refractivity contribution >= 4 is 17.8 Å². The monoisotopic (exact) mass is 438 g/mol. The molecule has 0 aliphatic carbocycles. The van der Waals surface area contributed by atoms with Crippen LogP contribution in [0.5, 0.6) is 5.75 Å². The SMILES string of the molecule is CCCCc1ccc(C(=O)OCC(=O)N2CCN(C(=O)c3ccc(OC)cc3)CC2)cc1. The van der Waals surface area contributed by atoms with Gasteiger partial charge < -0.3 is 19.3 Å². The number of nitrogens with zero attached hydrogens (tertiary/aromatic N) is 2. The second-order valence-corrected chi connectivity index (χ2v) is 7.78. The first kappa shape index (κ1) is 23.3. The summed E-state index contributed by atoms with van der Waals surface area (Å²) in [6.45, 7) is 3.52. The van der Waals surface area contributed by atoms with Crippen LogP contribution in [0.3, 0.4) is 0 Å². The van der Waals surface area contributed by atoms with Crippen LogP contribution in [0, 0.1) is 0 Å². The molecule has 0 spiro atoms. The first-order valence-electron chi connectivity index (χ1n) is 11.0. The number of piperazine rings is 1. The molecule has 1 fully saturated rings. The summed E-state index contributed by atoms with van der Waals surface area (Å²) in [5.41, 5.74) is 2.20. The van der Waals surface area contributed by atoms with Crippen molar-refractivity contribution in [1.29, 1.82) is 0 Å². The number of carbonyl (C=O) groups is 3. The molecule has 0 aromatic heterocycles. The third-order valence-corrected chi connectivity index (χ3v) is 5.59. The molecule has 7 heteroatoms. The normalized spacial score (nSPS) is 13.6. The van der Waals surface area contributed by atoms with Crippen LogP contribution in [0.2, 0.25) is 0 Å². The zero-order valence-electron chi connectivity index (χ0n) is 18.7. The van der Waals surface area contributed by atoms with E-state index in [1.807, 2.05) is 12.1 Å². The van der Waals surface area contributed by atoms with Crippen LogP contribution in [0.15, 0.2) is 48.5 Å². The number of unbranched alkanes of at least 4 members (excludes halogenated alkanes) is 1. The van der Waals surface area contributed by atoms with Gasteiger partial charge in [-0.25, -0.2) is 4.79 Å². The lowest BCUT2D eigenvalue weighted by atomic mass is 10.1. The molecule has 2 aromatic rings. The van der Waals surface area contributed by atoms with Gasteiger partial charge in [0.15, 0.2) is 6.61 Å². The van der Waals surface area contributed by atoms with E-state index in [0.29, 0.717) is 43.1 Å². The summed E-state index contributed by atoms with van der Waals surface area (Å²) in [7, 11) is 1.58. The average molecular weight is 439 g/mol. The number of hydrogen-bond donors (Lipinski definition) is 0. The molecule has 0 radical (unpaired) electrons. The molecule has 0 atom stereocenters. The Hall–Kier alpha value is -3.35. The van der Waals surface area contributed by atoms with Gasteiger partial charge in [0.2, 0.25) is 0 Å². The second kappa shape index (κ2) is 11.3. The number of methoxy groups -OCH3 is 1. The van der Waals surface area contributed by atoms with Crippen molar-refractivity contribution in [3.8, 4) is 5.75 Å². The van der Waals surface area contributed by atoms with Crippen LogP contribution < -0.4 is 4.74 Å². The number of rotatable bonds is 8. The van der Waals surface area contributed by atoms with E-state index in [1.165, 1.54) is 5.56 Å². The van der Waals surface area contributed by atoms with Gasteiger partial charge in [0, 0.05) is 31.7 Å². The van der Waals surface area contributed by atoms with Gasteiger partial charge in [-0.2, -0.15) is 0 Å². The van der Waals surface area contributed by atoms with Gasteiger partial charge in [0.1, 0.15) is 5.75 Å². The molecule has 2 aromatic carbocycles. The highest BCUT2D eigenvalue weighted by atomic mass is 16.5. The molecule has 0 N–H and O–H groups in total. The van der Waals surface area contributed by atoms with Crippen molar-refractivity contribution in [1.82, 2.24) is 9.80 Å². The lowest BCUT2D eigenvalue weighted by Crippen LogP contribution is -2.51. The summed E-state index contributed by atoms with van der Waals surface area (Å²) in [5, 5.41) is 0. The molecule has 170 valence electrons. The van der Waals surface area contributed by atoms with E-state index in [0.717, 1.165) is 19.3 Å². The standard InChI is InChI=1S/C25H30N2O5/c1-3-4-5-19-6-8-21(9-7-19)25(30)32-18-23(28)26-14-16-27(17-15-26)24(29)20-10-12-22(31-2)13-11-20/h6-13H,3-5,14-18H2,1-2H3. The highest BCUT2D eigenvalue weighted by Gasteiger charge is 2.25. The zero-order chi connectivity index (χ0) is 22.9. The lowest BCUT2D eigenvalue weighted by molar-refractivity contribution is -0.136. The van der Waals surface area contributed by atoms with Crippen molar-refractivity contribution in [2.75, 3.05) is 39.9 Å². The number of amides is 2. The van der Waals surface area contributed by atoms with Gasteiger partial charge in [0.05, 0.1) is 12.7 Å². The van der Waals surface area contributed by atoms with E-state index >= 15 is 0 Å². The van der Waals surface area contributed by atoms with E-state index in [2.05, 4.69) is 6.92 Å². The van der Waals surface area contributed by atoms with Crippen molar-refractivity contribution in [2.24, 2.45) is 0 Å². The molecule has 3 rings (SSSR count). The molecule has 32 heavy (non-hydrogen) atoms. The van der Waals surface area contributed by atoms with E-state index in [4.69, 9.17) is 9.47 Å². The quantitative estimate of drug-likeness (QED) is 0.592. The van der Waals surface area contributed by atoms with Crippen molar-refractivity contribution in [3.63, 3.8) is 0 Å². The predicted octanol–water partition coefficient (Wildman–Crippen LogP) is 3.18. The summed E-state index contributed by atoms with van der Waals surface area (Å²) in [6.07, 6.45) is 3.21. The summed E-state index contributed by atoms with van der Waals surface area (Å²) < 4.78 is 10.3. The molecule has 7 nitrogen and oxygen atoms in total. The molecular formula is C25H30N2O5. The fourth-order valence-electron chi connectivity index (χ4n) is 3.57. The summed E-state index contributed by atoms with van der Waals surface area (Å²) in [6, 6.07) is 14.3. The van der Waals surface area contributed by atoms with E-state index in [-0.39, 0.29) is 18.4 Å². The maximum atomic E-state index is 12.6. The number of hydrogen-bond acceptors (Lipinski definition) is 5. The molecule has 2 amide bonds. The maximum Gasteiger partial charge on any atom is 0.338 e. The Kier molecular flexibility index (Phi) is 8.25. The number of aryl methyl sites for hydroxylation is 1. The number of ether oxygens (including phenoxy) is 2. The zero-order valence-corrected chi connectivity index (χ0v) is 18.7. The van der Waals surface area contributed by atoms with Crippen LogP contribution in [-0.2, 0) is 16.0 Å². The minimum Gasteiger partial charge on any atom is -0.497 e. The van der Waals surface area contributed by atoms with Crippen LogP contribution in [0.25, 0.3) is 0 Å². The van der Waals surface area contributed by atoms with E-state index in [1.54, 1.807) is 53.3 Å². The first-order chi connectivity index (χ1) is 15.5. The Morgan fingerprint density at radius 2 is 1.44 bits per heavy atom. The lowest BCUT2D eigenvalue weighted by Gasteiger charge is -2.34. The minimum absolute atomic E-state index is 0.0754. The summed E-state index contributed by atoms with van der Waals surface area (Å²) in [5.74, 6) is -0.143. The largest absolute Gasteiger partial charge is 0.497 e. The second-order valence-electron chi connectivity index (χ2n) is 7.78. The number of carbonyl (C=O) groups excluding carboxylic acids is 3. The Morgan fingerprint density at radius 3 is 2.03 bits per heavy atom. The third-order valence-electron chi connectivity index (χ3n) is 5.59. The Balaban J connectivity index is 1.43. The molecule has 1 aliphatic rings. The molecule has 1 heterocycles. The van der Waals surface area contributed by atoms with Crippen LogP contribution in [0.4, 0.5) is 0 Å². The van der Waals surface area contributed by atoms with Gasteiger partial charge >= 0.3 is 5.97 Å². The van der Waals surface area contributed by atoms with Crippen molar-refractivity contribution in [3.05, 3.63) is 65.2 Å². The first-order valence-corrected chi connectivity index (χ1v) is 11.0. The predicted molar refractivity (Wildman–Crippen MR) is 121 cm³/mol. The summed E-state index contributed by atoms with van der Waals surface area (Å²) >= 11 is 0. The minimum atomic E-state index is -0.506. The van der Waals surface area contributed by atoms with Gasteiger partial charge in [-0.05, 0) is 54.8 Å². The average Bonchev–Trinajstić information content (AvgIpc) is 2.85. The maximum absolute atomic E-state index is 12.6. The van der Waals surface area contributed by atoms with Crippen LogP contribution in [0.1, 0.15) is 46.0 Å². The van der Waals surface area contributed by atoms with Gasteiger partial charge in [0.25, 0.3) is 11.8 Å². The molecular weight excluding hydrogens is 408 g/mol. The van der Waals surface area contributed by atoms with Crippen molar-refractivity contribution < 1.29 is 23.9 Å². The van der Waals surface area contributed by atoms with Gasteiger partial charge in [-0.3, -0.25) is 9.59 Å². The molecule has 0 unspecified atom stereocenters. The summed E-state index contributed by atoms with van der Waals surface area (Å²) in [4.78, 5) is 40.7. The highest BCUT2D eigenvalue weighted by molar-refractivity contribution is 5.94. The smallest absolute Gasteiger partial charge is 0.338 e. The Morgan fingerprint density at radius 1 is 0.844 bits per heavy atom. The third kappa shape index (κ3) is 6.09. The fraction of sp³-hybridized carbons (Fsp3) is 0.400. The van der Waals surface area contributed by atoms with E-state index in [9.17, 15) is 14.4 Å². The van der Waals surface area contributed by atoms with Gasteiger partial charge in [-0.1, -0.05) is 25.5 Å². The van der Waals surface area contributed by atoms with Gasteiger partial charge in [-0.15, -0.1) is 0 Å². The van der Waals surface area contributed by atoms with Crippen LogP contribution >= 0.6 is 0 Å².